The molecule has 2 amide bonds. The maximum absolute atomic E-state index is 12.8. The third kappa shape index (κ3) is 4.69. The van der Waals surface area contributed by atoms with Crippen LogP contribution in [0.2, 0.25) is 0 Å². The molecule has 2 heterocycles. The maximum Gasteiger partial charge on any atom is 0.270 e. The van der Waals surface area contributed by atoms with E-state index in [0.717, 1.165) is 38.3 Å². The summed E-state index contributed by atoms with van der Waals surface area (Å²) in [6.45, 7) is 9.20. The molecule has 0 bridgehead atoms. The molecule has 6 heteroatoms. The predicted octanol–water partition coefficient (Wildman–Crippen LogP) is 1.97. The molecule has 6 nitrogen and oxygen atoms in total. The van der Waals surface area contributed by atoms with Crippen molar-refractivity contribution >= 4 is 17.5 Å². The van der Waals surface area contributed by atoms with Crippen LogP contribution >= 0.6 is 0 Å². The molecule has 0 spiro atoms. The van der Waals surface area contributed by atoms with Crippen molar-refractivity contribution in [2.24, 2.45) is 11.0 Å². The molecular formula is C20H28N4O2. The Morgan fingerprint density at radius 3 is 2.42 bits per heavy atom. The van der Waals surface area contributed by atoms with Gasteiger partial charge < -0.3 is 4.90 Å². The molecule has 1 fully saturated rings. The standard InChI is InChI=1S/C20H28N4O2/c1-16(2)14-22-10-12-23(13-11-22)20(26)18-8-9-19(25)24(21-18)15-17-6-4-3-5-7-17/h3-7,16H,8-15H2,1-2H3. The van der Waals surface area contributed by atoms with Crippen LogP contribution in [0.5, 0.6) is 0 Å². The lowest BCUT2D eigenvalue weighted by Crippen LogP contribution is -2.52. The van der Waals surface area contributed by atoms with E-state index in [4.69, 9.17) is 0 Å². The molecule has 2 aliphatic rings. The molecule has 2 aliphatic heterocycles. The Kier molecular flexibility index (Phi) is 6.04. The van der Waals surface area contributed by atoms with Crippen molar-refractivity contribution in [2.45, 2.75) is 33.2 Å². The number of nitrogens with zero attached hydrogens (tertiary/aromatic N) is 4. The number of hydrogen-bond acceptors (Lipinski definition) is 4. The van der Waals surface area contributed by atoms with Crippen molar-refractivity contribution in [3.8, 4) is 0 Å². The molecule has 1 aromatic carbocycles. The summed E-state index contributed by atoms with van der Waals surface area (Å²) in [6.07, 6.45) is 0.792. The number of hydrogen-bond donors (Lipinski definition) is 0. The second-order valence-electron chi connectivity index (χ2n) is 7.47. The Hall–Kier alpha value is -2.21. The van der Waals surface area contributed by atoms with Gasteiger partial charge in [-0.3, -0.25) is 14.5 Å². The van der Waals surface area contributed by atoms with Gasteiger partial charge in [0.2, 0.25) is 5.91 Å². The minimum atomic E-state index is -0.0212. The van der Waals surface area contributed by atoms with Gasteiger partial charge in [-0.2, -0.15) is 5.10 Å². The van der Waals surface area contributed by atoms with Crippen LogP contribution in [0.15, 0.2) is 35.4 Å². The van der Waals surface area contributed by atoms with E-state index in [1.165, 1.54) is 5.01 Å². The zero-order valence-corrected chi connectivity index (χ0v) is 15.7. The molecule has 3 rings (SSSR count). The number of rotatable bonds is 5. The van der Waals surface area contributed by atoms with Gasteiger partial charge in [-0.05, 0) is 11.5 Å². The summed E-state index contributed by atoms with van der Waals surface area (Å²) in [5.41, 5.74) is 1.53. The van der Waals surface area contributed by atoms with Gasteiger partial charge in [0, 0.05) is 45.6 Å². The number of benzene rings is 1. The Labute approximate surface area is 155 Å². The predicted molar refractivity (Wildman–Crippen MR) is 102 cm³/mol. The van der Waals surface area contributed by atoms with Crippen molar-refractivity contribution in [3.63, 3.8) is 0 Å². The lowest BCUT2D eigenvalue weighted by molar-refractivity contribution is -0.132. The monoisotopic (exact) mass is 356 g/mol. The highest BCUT2D eigenvalue weighted by Crippen LogP contribution is 2.16. The van der Waals surface area contributed by atoms with Gasteiger partial charge in [-0.1, -0.05) is 44.2 Å². The van der Waals surface area contributed by atoms with Crippen molar-refractivity contribution in [1.29, 1.82) is 0 Å². The van der Waals surface area contributed by atoms with Crippen LogP contribution in [0.4, 0.5) is 0 Å². The number of piperazine rings is 1. The molecule has 1 aromatic rings. The molecule has 0 aromatic heterocycles. The Balaban J connectivity index is 1.62. The topological polar surface area (TPSA) is 56.2 Å². The minimum absolute atomic E-state index is 0.0141. The normalized spacial score (nSPS) is 19.0. The van der Waals surface area contributed by atoms with Crippen LogP contribution in [0.1, 0.15) is 32.3 Å². The third-order valence-corrected chi connectivity index (χ3v) is 4.81. The largest absolute Gasteiger partial charge is 0.335 e. The Morgan fingerprint density at radius 1 is 1.08 bits per heavy atom. The lowest BCUT2D eigenvalue weighted by Gasteiger charge is -2.36. The van der Waals surface area contributed by atoms with Crippen LogP contribution in [-0.4, -0.2) is 65.1 Å². The van der Waals surface area contributed by atoms with Crippen LogP contribution < -0.4 is 0 Å². The fourth-order valence-electron chi connectivity index (χ4n) is 3.47. The zero-order chi connectivity index (χ0) is 18.5. The first kappa shape index (κ1) is 18.6. The second kappa shape index (κ2) is 8.45. The van der Waals surface area contributed by atoms with Gasteiger partial charge in [0.05, 0.1) is 6.54 Å². The Bertz CT molecular complexity index is 664. The van der Waals surface area contributed by atoms with Gasteiger partial charge >= 0.3 is 0 Å². The first-order valence-electron chi connectivity index (χ1n) is 9.46. The number of amides is 2. The SMILES string of the molecule is CC(C)CN1CCN(C(=O)C2=NN(Cc3ccccc3)C(=O)CC2)CC1. The maximum atomic E-state index is 12.8. The van der Waals surface area contributed by atoms with Crippen LogP contribution in [0.3, 0.4) is 0 Å². The highest BCUT2D eigenvalue weighted by molar-refractivity contribution is 6.39. The molecule has 0 saturated carbocycles. The lowest BCUT2D eigenvalue weighted by atomic mass is 10.1. The molecule has 0 unspecified atom stereocenters. The average molecular weight is 356 g/mol. The van der Waals surface area contributed by atoms with E-state index in [2.05, 4.69) is 23.8 Å². The first-order chi connectivity index (χ1) is 12.5. The second-order valence-corrected chi connectivity index (χ2v) is 7.47. The van der Waals surface area contributed by atoms with Crippen LogP contribution in [0.25, 0.3) is 0 Å². The fraction of sp³-hybridized carbons (Fsp3) is 0.550. The van der Waals surface area contributed by atoms with Gasteiger partial charge in [0.15, 0.2) is 0 Å². The van der Waals surface area contributed by atoms with Crippen molar-refractivity contribution in [2.75, 3.05) is 32.7 Å². The smallest absolute Gasteiger partial charge is 0.270 e. The summed E-state index contributed by atoms with van der Waals surface area (Å²) in [6, 6.07) is 9.75. The summed E-state index contributed by atoms with van der Waals surface area (Å²) in [4.78, 5) is 29.3. The van der Waals surface area contributed by atoms with Crippen LogP contribution in [0, 0.1) is 5.92 Å². The van der Waals surface area contributed by atoms with E-state index in [9.17, 15) is 9.59 Å². The molecule has 0 atom stereocenters. The van der Waals surface area contributed by atoms with E-state index >= 15 is 0 Å². The molecule has 1 saturated heterocycles. The van der Waals surface area contributed by atoms with Crippen molar-refractivity contribution < 1.29 is 9.59 Å². The van der Waals surface area contributed by atoms with Gasteiger partial charge in [0.1, 0.15) is 5.71 Å². The Morgan fingerprint density at radius 2 is 1.77 bits per heavy atom. The van der Waals surface area contributed by atoms with E-state index < -0.39 is 0 Å². The van der Waals surface area contributed by atoms with Gasteiger partial charge in [-0.15, -0.1) is 0 Å². The number of carbonyl (C=O) groups is 2. The first-order valence-corrected chi connectivity index (χ1v) is 9.46. The quantitative estimate of drug-likeness (QED) is 0.810. The molecule has 0 N–H and O–H groups in total. The number of hydrazone groups is 1. The summed E-state index contributed by atoms with van der Waals surface area (Å²) in [5.74, 6) is 0.601. The fourth-order valence-corrected chi connectivity index (χ4v) is 3.47. The summed E-state index contributed by atoms with van der Waals surface area (Å²) >= 11 is 0. The average Bonchev–Trinajstić information content (AvgIpc) is 2.64. The van der Waals surface area contributed by atoms with Crippen molar-refractivity contribution in [1.82, 2.24) is 14.8 Å². The third-order valence-electron chi connectivity index (χ3n) is 4.81. The number of carbonyl (C=O) groups excluding carboxylic acids is 2. The highest BCUT2D eigenvalue weighted by atomic mass is 16.2. The summed E-state index contributed by atoms with van der Waals surface area (Å²) in [7, 11) is 0. The van der Waals surface area contributed by atoms with E-state index in [1.54, 1.807) is 0 Å². The van der Waals surface area contributed by atoms with Gasteiger partial charge in [-0.25, -0.2) is 5.01 Å². The van der Waals surface area contributed by atoms with E-state index in [-0.39, 0.29) is 11.8 Å². The van der Waals surface area contributed by atoms with Crippen molar-refractivity contribution in [3.05, 3.63) is 35.9 Å². The molecule has 0 aliphatic carbocycles. The summed E-state index contributed by atoms with van der Waals surface area (Å²) < 4.78 is 0. The van der Waals surface area contributed by atoms with E-state index in [0.29, 0.717) is 31.0 Å². The van der Waals surface area contributed by atoms with Gasteiger partial charge in [0.25, 0.3) is 5.91 Å². The molecule has 26 heavy (non-hydrogen) atoms. The molecule has 140 valence electrons. The van der Waals surface area contributed by atoms with E-state index in [1.807, 2.05) is 35.2 Å². The highest BCUT2D eigenvalue weighted by Gasteiger charge is 2.29. The molecular weight excluding hydrogens is 328 g/mol. The minimum Gasteiger partial charge on any atom is -0.335 e. The summed E-state index contributed by atoms with van der Waals surface area (Å²) in [5, 5.41) is 5.84. The van der Waals surface area contributed by atoms with Crippen LogP contribution in [-0.2, 0) is 16.1 Å². The zero-order valence-electron chi connectivity index (χ0n) is 15.7. The molecule has 0 radical (unpaired) electrons.